The first-order valence-corrected chi connectivity index (χ1v) is 7.12. The molecule has 2 rings (SSSR count). The molecule has 0 saturated heterocycles. The number of aromatic nitrogens is 2. The normalized spacial score (nSPS) is 15.7. The van der Waals surface area contributed by atoms with Crippen molar-refractivity contribution in [3.05, 3.63) is 16.9 Å². The van der Waals surface area contributed by atoms with Crippen LogP contribution in [-0.2, 0) is 6.54 Å². The van der Waals surface area contributed by atoms with Gasteiger partial charge in [-0.1, -0.05) is 0 Å². The Labute approximate surface area is 111 Å². The van der Waals surface area contributed by atoms with Crippen molar-refractivity contribution in [3.63, 3.8) is 0 Å². The molecule has 96 valence electrons. The van der Waals surface area contributed by atoms with Gasteiger partial charge in [-0.3, -0.25) is 9.58 Å². The fourth-order valence-electron chi connectivity index (χ4n) is 2.03. The number of unbranched alkanes of at least 4 members (excludes halogenated alkanes) is 1. The molecule has 1 aliphatic carbocycles. The number of halogens is 1. The Balaban J connectivity index is 1.73. The fraction of sp³-hybridized carbons (Fsp3) is 0.750. The van der Waals surface area contributed by atoms with E-state index in [1.807, 2.05) is 17.1 Å². The van der Waals surface area contributed by atoms with Crippen molar-refractivity contribution in [2.45, 2.75) is 38.3 Å². The van der Waals surface area contributed by atoms with E-state index in [4.69, 9.17) is 5.11 Å². The highest BCUT2D eigenvalue weighted by molar-refractivity contribution is 9.10. The van der Waals surface area contributed by atoms with Crippen molar-refractivity contribution >= 4 is 15.9 Å². The lowest BCUT2D eigenvalue weighted by Crippen LogP contribution is -2.31. The third kappa shape index (κ3) is 4.41. The largest absolute Gasteiger partial charge is 0.396 e. The summed E-state index contributed by atoms with van der Waals surface area (Å²) in [5, 5.41) is 13.1. The third-order valence-electron chi connectivity index (χ3n) is 3.13. The lowest BCUT2D eigenvalue weighted by Gasteiger charge is -2.21. The molecular weight excluding hydrogens is 282 g/mol. The van der Waals surface area contributed by atoms with Crippen LogP contribution in [0.3, 0.4) is 0 Å². The third-order valence-corrected chi connectivity index (χ3v) is 3.54. The number of aliphatic hydroxyl groups is 1. The summed E-state index contributed by atoms with van der Waals surface area (Å²) in [6, 6.07) is 0.785. The molecule has 0 bridgehead atoms. The van der Waals surface area contributed by atoms with Crippen molar-refractivity contribution in [1.82, 2.24) is 14.7 Å². The molecule has 0 aromatic carbocycles. The minimum Gasteiger partial charge on any atom is -0.396 e. The Morgan fingerprint density at radius 3 is 2.82 bits per heavy atom. The van der Waals surface area contributed by atoms with Crippen molar-refractivity contribution in [2.24, 2.45) is 0 Å². The average Bonchev–Trinajstić information content (AvgIpc) is 3.07. The zero-order chi connectivity index (χ0) is 12.1. The van der Waals surface area contributed by atoms with Crippen LogP contribution >= 0.6 is 15.9 Å². The maximum Gasteiger partial charge on any atom is 0.0632 e. The quantitative estimate of drug-likeness (QED) is 0.746. The van der Waals surface area contributed by atoms with E-state index < -0.39 is 0 Å². The van der Waals surface area contributed by atoms with Crippen molar-refractivity contribution in [2.75, 3.05) is 19.7 Å². The molecule has 5 heteroatoms. The van der Waals surface area contributed by atoms with Gasteiger partial charge >= 0.3 is 0 Å². The number of nitrogens with zero attached hydrogens (tertiary/aromatic N) is 3. The number of hydrogen-bond donors (Lipinski definition) is 1. The highest BCUT2D eigenvalue weighted by atomic mass is 79.9. The van der Waals surface area contributed by atoms with Gasteiger partial charge in [0.15, 0.2) is 0 Å². The highest BCUT2D eigenvalue weighted by Crippen LogP contribution is 2.26. The van der Waals surface area contributed by atoms with Gasteiger partial charge in [0.2, 0.25) is 0 Å². The predicted molar refractivity (Wildman–Crippen MR) is 70.8 cm³/mol. The van der Waals surface area contributed by atoms with E-state index in [2.05, 4.69) is 25.9 Å². The molecule has 4 nitrogen and oxygen atoms in total. The fourth-order valence-corrected chi connectivity index (χ4v) is 2.36. The zero-order valence-electron chi connectivity index (χ0n) is 10.1. The van der Waals surface area contributed by atoms with Gasteiger partial charge in [0.25, 0.3) is 0 Å². The molecule has 0 unspecified atom stereocenters. The minimum atomic E-state index is 0.310. The summed E-state index contributed by atoms with van der Waals surface area (Å²) in [5.41, 5.74) is 0. The summed E-state index contributed by atoms with van der Waals surface area (Å²) in [6.07, 6.45) is 8.52. The Hall–Kier alpha value is -0.390. The lowest BCUT2D eigenvalue weighted by molar-refractivity contribution is 0.226. The molecule has 0 amide bonds. The Morgan fingerprint density at radius 1 is 1.41 bits per heavy atom. The van der Waals surface area contributed by atoms with Crippen LogP contribution in [0.25, 0.3) is 0 Å². The second-order valence-corrected chi connectivity index (χ2v) is 5.54. The standard InChI is InChI=1S/C12H20BrN3O/c13-11-9-14-16(10-11)7-6-15(12-3-4-12)5-1-2-8-17/h9-10,12,17H,1-8H2. The minimum absolute atomic E-state index is 0.310. The zero-order valence-corrected chi connectivity index (χ0v) is 11.6. The average molecular weight is 302 g/mol. The molecule has 0 radical (unpaired) electrons. The van der Waals surface area contributed by atoms with Crippen LogP contribution in [0.4, 0.5) is 0 Å². The summed E-state index contributed by atoms with van der Waals surface area (Å²) in [5.74, 6) is 0. The summed E-state index contributed by atoms with van der Waals surface area (Å²) in [4.78, 5) is 2.53. The van der Waals surface area contributed by atoms with E-state index in [0.717, 1.165) is 43.0 Å². The van der Waals surface area contributed by atoms with Crippen LogP contribution in [0, 0.1) is 0 Å². The van der Waals surface area contributed by atoms with Gasteiger partial charge in [0.05, 0.1) is 17.2 Å². The molecule has 1 saturated carbocycles. The molecule has 1 aromatic heterocycles. The smallest absolute Gasteiger partial charge is 0.0632 e. The topological polar surface area (TPSA) is 41.3 Å². The van der Waals surface area contributed by atoms with E-state index in [-0.39, 0.29) is 0 Å². The van der Waals surface area contributed by atoms with Gasteiger partial charge in [-0.15, -0.1) is 0 Å². The van der Waals surface area contributed by atoms with Gasteiger partial charge in [0, 0.05) is 25.4 Å². The number of hydrogen-bond acceptors (Lipinski definition) is 3. The molecule has 1 heterocycles. The summed E-state index contributed by atoms with van der Waals surface area (Å²) in [6.45, 7) is 3.42. The second-order valence-electron chi connectivity index (χ2n) is 4.62. The van der Waals surface area contributed by atoms with Crippen LogP contribution in [0.15, 0.2) is 16.9 Å². The van der Waals surface area contributed by atoms with E-state index in [9.17, 15) is 0 Å². The van der Waals surface area contributed by atoms with Crippen LogP contribution < -0.4 is 0 Å². The lowest BCUT2D eigenvalue weighted by atomic mass is 10.3. The van der Waals surface area contributed by atoms with E-state index >= 15 is 0 Å². The first kappa shape index (κ1) is 13.1. The van der Waals surface area contributed by atoms with Gasteiger partial charge in [-0.25, -0.2) is 0 Å². The Kier molecular flexibility index (Phi) is 5.00. The summed E-state index contributed by atoms with van der Waals surface area (Å²) >= 11 is 3.41. The monoisotopic (exact) mass is 301 g/mol. The first-order valence-electron chi connectivity index (χ1n) is 6.32. The van der Waals surface area contributed by atoms with Crippen LogP contribution in [0.5, 0.6) is 0 Å². The highest BCUT2D eigenvalue weighted by Gasteiger charge is 2.28. The van der Waals surface area contributed by atoms with E-state index in [1.165, 1.54) is 12.8 Å². The van der Waals surface area contributed by atoms with Gasteiger partial charge < -0.3 is 5.11 Å². The number of rotatable bonds is 8. The van der Waals surface area contributed by atoms with Crippen molar-refractivity contribution in [3.8, 4) is 0 Å². The molecule has 0 atom stereocenters. The second kappa shape index (κ2) is 6.52. The molecular formula is C12H20BrN3O. The Bertz CT molecular complexity index is 338. The summed E-state index contributed by atoms with van der Waals surface area (Å²) in [7, 11) is 0. The Morgan fingerprint density at radius 2 is 2.24 bits per heavy atom. The van der Waals surface area contributed by atoms with Crippen molar-refractivity contribution < 1.29 is 5.11 Å². The first-order chi connectivity index (χ1) is 8.29. The SMILES string of the molecule is OCCCCN(CCn1cc(Br)cn1)C1CC1. The molecule has 1 aromatic rings. The molecule has 1 fully saturated rings. The molecule has 1 N–H and O–H groups in total. The maximum atomic E-state index is 8.81. The number of aliphatic hydroxyl groups excluding tert-OH is 1. The van der Waals surface area contributed by atoms with E-state index in [0.29, 0.717) is 6.61 Å². The molecule has 1 aliphatic rings. The van der Waals surface area contributed by atoms with Crippen LogP contribution in [0.1, 0.15) is 25.7 Å². The van der Waals surface area contributed by atoms with Crippen LogP contribution in [0.2, 0.25) is 0 Å². The van der Waals surface area contributed by atoms with E-state index in [1.54, 1.807) is 0 Å². The van der Waals surface area contributed by atoms with Crippen LogP contribution in [-0.4, -0.2) is 45.5 Å². The molecule has 0 aliphatic heterocycles. The molecule has 0 spiro atoms. The van der Waals surface area contributed by atoms with Gasteiger partial charge in [-0.05, 0) is 48.2 Å². The van der Waals surface area contributed by atoms with Gasteiger partial charge in [-0.2, -0.15) is 5.10 Å². The molecule has 17 heavy (non-hydrogen) atoms. The maximum absolute atomic E-state index is 8.81. The van der Waals surface area contributed by atoms with Gasteiger partial charge in [0.1, 0.15) is 0 Å². The summed E-state index contributed by atoms with van der Waals surface area (Å²) < 4.78 is 3.02. The predicted octanol–water partition coefficient (Wildman–Crippen LogP) is 1.88. The van der Waals surface area contributed by atoms with Crippen molar-refractivity contribution in [1.29, 1.82) is 0 Å².